The highest BCUT2D eigenvalue weighted by Gasteiger charge is 2.31. The zero-order chi connectivity index (χ0) is 13.9. The normalized spacial score (nSPS) is 23.1. The molecule has 2 heterocycles. The van der Waals surface area contributed by atoms with Crippen LogP contribution < -0.4 is 0 Å². The van der Waals surface area contributed by atoms with Gasteiger partial charge in [0.15, 0.2) is 0 Å². The number of nitrogens with zero attached hydrogens (tertiary/aromatic N) is 3. The van der Waals surface area contributed by atoms with Crippen LogP contribution in [-0.4, -0.2) is 32.6 Å². The summed E-state index contributed by atoms with van der Waals surface area (Å²) in [6.07, 6.45) is 5.37. The molecule has 0 radical (unpaired) electrons. The zero-order valence-corrected chi connectivity index (χ0v) is 11.0. The quantitative estimate of drug-likeness (QED) is 0.928. The number of rotatable bonds is 3. The molecule has 1 fully saturated rings. The molecule has 1 aliphatic heterocycles. The molecule has 104 valence electrons. The van der Waals surface area contributed by atoms with Gasteiger partial charge in [-0.1, -0.05) is 12.1 Å². The number of aliphatic hydroxyl groups excluding tert-OH is 1. The van der Waals surface area contributed by atoms with Crippen molar-refractivity contribution in [2.24, 2.45) is 0 Å². The highest BCUT2D eigenvalue weighted by atomic mass is 19.1. The Labute approximate surface area is 116 Å². The van der Waals surface area contributed by atoms with E-state index in [9.17, 15) is 9.50 Å². The second-order valence-corrected chi connectivity index (χ2v) is 5.13. The molecule has 1 saturated heterocycles. The fraction of sp³-hybridized carbons (Fsp3) is 0.333. The summed E-state index contributed by atoms with van der Waals surface area (Å²) in [5, 5.41) is 9.92. The lowest BCUT2D eigenvalue weighted by atomic mass is 10.0. The molecular weight excluding hydrogens is 257 g/mol. The van der Waals surface area contributed by atoms with E-state index in [4.69, 9.17) is 0 Å². The number of hydrogen-bond acceptors (Lipinski definition) is 4. The fourth-order valence-corrected chi connectivity index (χ4v) is 2.73. The van der Waals surface area contributed by atoms with Gasteiger partial charge in [-0.3, -0.25) is 4.90 Å². The second-order valence-electron chi connectivity index (χ2n) is 5.13. The molecule has 0 unspecified atom stereocenters. The molecule has 5 heteroatoms. The van der Waals surface area contributed by atoms with Crippen molar-refractivity contribution >= 4 is 0 Å². The Hall–Kier alpha value is -1.85. The Balaban J connectivity index is 1.80. The van der Waals surface area contributed by atoms with Crippen LogP contribution in [-0.2, 0) is 6.54 Å². The lowest BCUT2D eigenvalue weighted by molar-refractivity contribution is 0.172. The van der Waals surface area contributed by atoms with Gasteiger partial charge >= 0.3 is 0 Å². The second kappa shape index (κ2) is 5.64. The van der Waals surface area contributed by atoms with Gasteiger partial charge in [-0.05, 0) is 24.1 Å². The van der Waals surface area contributed by atoms with Crippen LogP contribution in [0.1, 0.15) is 23.6 Å². The van der Waals surface area contributed by atoms with Crippen LogP contribution in [0.3, 0.4) is 0 Å². The minimum Gasteiger partial charge on any atom is -0.392 e. The summed E-state index contributed by atoms with van der Waals surface area (Å²) in [4.78, 5) is 10.2. The van der Waals surface area contributed by atoms with Gasteiger partial charge in [0, 0.05) is 37.1 Å². The maximum atomic E-state index is 13.0. The number of benzene rings is 1. The van der Waals surface area contributed by atoms with E-state index in [1.54, 1.807) is 24.5 Å². The smallest absolute Gasteiger partial charge is 0.123 e. The van der Waals surface area contributed by atoms with Crippen molar-refractivity contribution < 1.29 is 9.50 Å². The summed E-state index contributed by atoms with van der Waals surface area (Å²) in [5.74, 6) is -0.240. The molecule has 0 amide bonds. The van der Waals surface area contributed by atoms with Gasteiger partial charge in [-0.15, -0.1) is 0 Å². The van der Waals surface area contributed by atoms with Crippen molar-refractivity contribution in [2.75, 3.05) is 6.54 Å². The molecule has 4 nitrogen and oxygen atoms in total. The zero-order valence-electron chi connectivity index (χ0n) is 11.0. The van der Waals surface area contributed by atoms with Crippen molar-refractivity contribution in [1.29, 1.82) is 0 Å². The van der Waals surface area contributed by atoms with E-state index in [-0.39, 0.29) is 18.0 Å². The lowest BCUT2D eigenvalue weighted by Gasteiger charge is -2.24. The van der Waals surface area contributed by atoms with E-state index < -0.39 is 0 Å². The molecule has 0 spiro atoms. The van der Waals surface area contributed by atoms with Crippen LogP contribution in [0.25, 0.3) is 0 Å². The number of halogens is 1. The number of aromatic nitrogens is 2. The molecule has 3 rings (SSSR count). The Kier molecular flexibility index (Phi) is 3.71. The van der Waals surface area contributed by atoms with Crippen LogP contribution in [0.5, 0.6) is 0 Å². The highest BCUT2D eigenvalue weighted by molar-refractivity contribution is 5.22. The number of β-amino-alcohol motifs (C(OH)–C–C–N with tert-alkyl or cyclic N) is 1. The Morgan fingerprint density at radius 2 is 1.90 bits per heavy atom. The summed E-state index contributed by atoms with van der Waals surface area (Å²) in [5.41, 5.74) is 2.04. The minimum absolute atomic E-state index is 0.103. The van der Waals surface area contributed by atoms with Crippen molar-refractivity contribution in [3.63, 3.8) is 0 Å². The van der Waals surface area contributed by atoms with E-state index in [1.807, 2.05) is 0 Å². The first-order valence-electron chi connectivity index (χ1n) is 6.64. The monoisotopic (exact) mass is 273 g/mol. The van der Waals surface area contributed by atoms with Gasteiger partial charge in [0.05, 0.1) is 6.10 Å². The summed E-state index contributed by atoms with van der Waals surface area (Å²) in [6.45, 7) is 1.29. The molecule has 1 aliphatic rings. The SMILES string of the molecule is O[C@H]1C[C@H](c2ccc(F)cc2)N(Cc2cncnc2)C1. The van der Waals surface area contributed by atoms with Crippen LogP contribution in [0.4, 0.5) is 4.39 Å². The maximum absolute atomic E-state index is 13.0. The Morgan fingerprint density at radius 1 is 1.20 bits per heavy atom. The van der Waals surface area contributed by atoms with Crippen molar-refractivity contribution in [2.45, 2.75) is 25.1 Å². The van der Waals surface area contributed by atoms with E-state index in [0.717, 1.165) is 11.1 Å². The predicted octanol–water partition coefficient (Wildman–Crippen LogP) is 1.92. The Bertz CT molecular complexity index is 561. The fourth-order valence-electron chi connectivity index (χ4n) is 2.73. The third kappa shape index (κ3) is 2.84. The molecule has 1 N–H and O–H groups in total. The summed E-state index contributed by atoms with van der Waals surface area (Å²) in [6, 6.07) is 6.60. The average molecular weight is 273 g/mol. The van der Waals surface area contributed by atoms with Gasteiger partial charge in [-0.25, -0.2) is 14.4 Å². The van der Waals surface area contributed by atoms with Crippen LogP contribution in [0.2, 0.25) is 0 Å². The predicted molar refractivity (Wildman–Crippen MR) is 72.2 cm³/mol. The van der Waals surface area contributed by atoms with Gasteiger partial charge in [0.2, 0.25) is 0 Å². The molecule has 0 bridgehead atoms. The molecular formula is C15H16FN3O. The average Bonchev–Trinajstić information content (AvgIpc) is 2.81. The number of aliphatic hydroxyl groups is 1. The minimum atomic E-state index is -0.352. The first-order chi connectivity index (χ1) is 9.72. The summed E-state index contributed by atoms with van der Waals surface area (Å²) < 4.78 is 13.0. The van der Waals surface area contributed by atoms with Crippen molar-refractivity contribution in [1.82, 2.24) is 14.9 Å². The molecule has 2 atom stereocenters. The van der Waals surface area contributed by atoms with E-state index in [0.29, 0.717) is 19.5 Å². The van der Waals surface area contributed by atoms with Gasteiger partial charge in [0.1, 0.15) is 12.1 Å². The largest absolute Gasteiger partial charge is 0.392 e. The Morgan fingerprint density at radius 3 is 2.60 bits per heavy atom. The molecule has 20 heavy (non-hydrogen) atoms. The first-order valence-corrected chi connectivity index (χ1v) is 6.64. The topological polar surface area (TPSA) is 49.2 Å². The van der Waals surface area contributed by atoms with Gasteiger partial charge < -0.3 is 5.11 Å². The molecule has 1 aromatic heterocycles. The molecule has 0 saturated carbocycles. The van der Waals surface area contributed by atoms with E-state index >= 15 is 0 Å². The van der Waals surface area contributed by atoms with E-state index in [1.165, 1.54) is 18.5 Å². The van der Waals surface area contributed by atoms with Crippen molar-refractivity contribution in [3.05, 3.63) is 59.9 Å². The van der Waals surface area contributed by atoms with Gasteiger partial charge in [-0.2, -0.15) is 0 Å². The first kappa shape index (κ1) is 13.1. The van der Waals surface area contributed by atoms with Crippen LogP contribution in [0, 0.1) is 5.82 Å². The molecule has 0 aliphatic carbocycles. The third-order valence-corrected chi connectivity index (χ3v) is 3.64. The molecule has 2 aromatic rings. The van der Waals surface area contributed by atoms with Gasteiger partial charge in [0.25, 0.3) is 0 Å². The van der Waals surface area contributed by atoms with Crippen LogP contribution in [0.15, 0.2) is 43.0 Å². The van der Waals surface area contributed by atoms with Crippen molar-refractivity contribution in [3.8, 4) is 0 Å². The summed E-state index contributed by atoms with van der Waals surface area (Å²) in [7, 11) is 0. The standard InChI is InChI=1S/C15H16FN3O/c16-13-3-1-12(2-4-13)15-5-14(20)9-19(15)8-11-6-17-10-18-7-11/h1-4,6-7,10,14-15,20H,5,8-9H2/t14-,15+/m0/s1. The maximum Gasteiger partial charge on any atom is 0.123 e. The number of likely N-dealkylation sites (tertiary alicyclic amines) is 1. The van der Waals surface area contributed by atoms with E-state index in [2.05, 4.69) is 14.9 Å². The highest BCUT2D eigenvalue weighted by Crippen LogP contribution is 2.33. The number of hydrogen-bond donors (Lipinski definition) is 1. The lowest BCUT2D eigenvalue weighted by Crippen LogP contribution is -2.24. The van der Waals surface area contributed by atoms with Crippen LogP contribution >= 0.6 is 0 Å². The molecule has 1 aromatic carbocycles. The summed E-state index contributed by atoms with van der Waals surface area (Å²) >= 11 is 0. The third-order valence-electron chi connectivity index (χ3n) is 3.64.